The fourth-order valence-corrected chi connectivity index (χ4v) is 3.47. The molecule has 1 amide bonds. The summed E-state index contributed by atoms with van der Waals surface area (Å²) >= 11 is 1.76. The molecule has 0 spiro atoms. The minimum atomic E-state index is 0. The Morgan fingerprint density at radius 2 is 2.32 bits per heavy atom. The lowest BCUT2D eigenvalue weighted by Crippen LogP contribution is -2.37. The third kappa shape index (κ3) is 4.20. The minimum absolute atomic E-state index is 0. The van der Waals surface area contributed by atoms with Crippen LogP contribution >= 0.6 is 23.7 Å². The minimum Gasteiger partial charge on any atom is -0.345 e. The first-order valence-corrected chi connectivity index (χ1v) is 7.57. The number of nitrogens with zero attached hydrogens (tertiary/aromatic N) is 1. The molecule has 19 heavy (non-hydrogen) atoms. The van der Waals surface area contributed by atoms with Gasteiger partial charge in [0.05, 0.1) is 0 Å². The van der Waals surface area contributed by atoms with E-state index in [0.717, 1.165) is 32.2 Å². The van der Waals surface area contributed by atoms with Gasteiger partial charge in [0.25, 0.3) is 0 Å². The van der Waals surface area contributed by atoms with Crippen molar-refractivity contribution >= 4 is 29.7 Å². The van der Waals surface area contributed by atoms with Crippen molar-refractivity contribution in [3.63, 3.8) is 0 Å². The lowest BCUT2D eigenvalue weighted by atomic mass is 9.95. The lowest BCUT2D eigenvalue weighted by Gasteiger charge is -2.24. The molecule has 0 unspecified atom stereocenters. The second-order valence-corrected chi connectivity index (χ2v) is 6.15. The van der Waals surface area contributed by atoms with E-state index in [-0.39, 0.29) is 18.3 Å². The Bertz CT molecular complexity index is 383. The lowest BCUT2D eigenvalue weighted by molar-refractivity contribution is -0.135. The predicted octanol–water partition coefficient (Wildman–Crippen LogP) is 2.55. The Balaban J connectivity index is 0.00000180. The van der Waals surface area contributed by atoms with Gasteiger partial charge in [-0.3, -0.25) is 4.79 Å². The highest BCUT2D eigenvalue weighted by molar-refractivity contribution is 7.09. The summed E-state index contributed by atoms with van der Waals surface area (Å²) in [4.78, 5) is 15.6. The van der Waals surface area contributed by atoms with Gasteiger partial charge in [-0.25, -0.2) is 0 Å². The maximum absolute atomic E-state index is 12.3. The van der Waals surface area contributed by atoms with Crippen LogP contribution in [0, 0.1) is 11.8 Å². The highest BCUT2D eigenvalue weighted by atomic mass is 35.5. The third-order valence-corrected chi connectivity index (χ3v) is 4.87. The van der Waals surface area contributed by atoms with Crippen molar-refractivity contribution in [3.8, 4) is 0 Å². The molecule has 1 heterocycles. The Kier molecular flexibility index (Phi) is 6.83. The van der Waals surface area contributed by atoms with Crippen LogP contribution in [0.15, 0.2) is 17.5 Å². The van der Waals surface area contributed by atoms with Gasteiger partial charge in [-0.05, 0) is 43.2 Å². The molecule has 2 rings (SSSR count). The van der Waals surface area contributed by atoms with Gasteiger partial charge < -0.3 is 10.6 Å². The molecule has 1 aromatic heterocycles. The van der Waals surface area contributed by atoms with E-state index >= 15 is 0 Å². The zero-order chi connectivity index (χ0) is 13.0. The molecule has 1 aromatic rings. The second kappa shape index (κ2) is 7.88. The molecule has 0 aromatic carbocycles. The Hall–Kier alpha value is -0.580. The fraction of sp³-hybridized carbons (Fsp3) is 0.643. The van der Waals surface area contributed by atoms with Gasteiger partial charge in [-0.1, -0.05) is 12.5 Å². The molecule has 3 nitrogen and oxygen atoms in total. The number of halogens is 1. The van der Waals surface area contributed by atoms with E-state index in [1.54, 1.807) is 11.3 Å². The molecular weight excluding hydrogens is 280 g/mol. The van der Waals surface area contributed by atoms with E-state index in [0.29, 0.717) is 18.4 Å². The summed E-state index contributed by atoms with van der Waals surface area (Å²) in [5.74, 6) is 0.865. The van der Waals surface area contributed by atoms with E-state index in [9.17, 15) is 4.79 Å². The standard InChI is InChI=1S/C14H22N2OS.ClH/c1-16(8-7-12-5-3-9-18-12)14(17)13-6-2-4-11(13)10-15;/h3,5,9,11,13H,2,4,6-8,10,15H2,1H3;1H/t11-,13-;/m1./s1. The molecule has 108 valence electrons. The Morgan fingerprint density at radius 3 is 2.95 bits per heavy atom. The van der Waals surface area contributed by atoms with Crippen LogP contribution in [-0.4, -0.2) is 30.9 Å². The van der Waals surface area contributed by atoms with Crippen molar-refractivity contribution < 1.29 is 4.79 Å². The first-order chi connectivity index (χ1) is 8.72. The average Bonchev–Trinajstić information content (AvgIpc) is 3.05. The summed E-state index contributed by atoms with van der Waals surface area (Å²) < 4.78 is 0. The quantitative estimate of drug-likeness (QED) is 0.908. The summed E-state index contributed by atoms with van der Waals surface area (Å²) in [7, 11) is 1.92. The molecular formula is C14H23ClN2OS. The number of amides is 1. The maximum atomic E-state index is 12.3. The van der Waals surface area contributed by atoms with Crippen LogP contribution in [0.4, 0.5) is 0 Å². The summed E-state index contributed by atoms with van der Waals surface area (Å²) in [6.45, 7) is 1.46. The highest BCUT2D eigenvalue weighted by Crippen LogP contribution is 2.32. The van der Waals surface area contributed by atoms with Crippen LogP contribution in [0.3, 0.4) is 0 Å². The van der Waals surface area contributed by atoms with Gasteiger partial charge in [-0.2, -0.15) is 0 Å². The zero-order valence-corrected chi connectivity index (χ0v) is 13.0. The smallest absolute Gasteiger partial charge is 0.225 e. The highest BCUT2D eigenvalue weighted by Gasteiger charge is 2.33. The number of carbonyl (C=O) groups is 1. The molecule has 1 aliphatic rings. The number of hydrogen-bond donors (Lipinski definition) is 1. The van der Waals surface area contributed by atoms with E-state index in [1.807, 2.05) is 11.9 Å². The predicted molar refractivity (Wildman–Crippen MR) is 82.8 cm³/mol. The molecule has 0 radical (unpaired) electrons. The number of hydrogen-bond acceptors (Lipinski definition) is 3. The van der Waals surface area contributed by atoms with Crippen LogP contribution in [-0.2, 0) is 11.2 Å². The molecule has 2 atom stereocenters. The van der Waals surface area contributed by atoms with Crippen molar-refractivity contribution in [2.45, 2.75) is 25.7 Å². The van der Waals surface area contributed by atoms with Crippen LogP contribution in [0.25, 0.3) is 0 Å². The molecule has 5 heteroatoms. The molecule has 1 aliphatic carbocycles. The van der Waals surface area contributed by atoms with E-state index in [4.69, 9.17) is 5.73 Å². The van der Waals surface area contributed by atoms with Crippen LogP contribution in [0.5, 0.6) is 0 Å². The van der Waals surface area contributed by atoms with Crippen LogP contribution in [0.2, 0.25) is 0 Å². The van der Waals surface area contributed by atoms with E-state index in [1.165, 1.54) is 4.88 Å². The summed E-state index contributed by atoms with van der Waals surface area (Å²) in [5, 5.41) is 2.08. The Labute approximate surface area is 125 Å². The van der Waals surface area contributed by atoms with Gasteiger partial charge in [0.2, 0.25) is 5.91 Å². The van der Waals surface area contributed by atoms with Crippen LogP contribution in [0.1, 0.15) is 24.1 Å². The SMILES string of the molecule is CN(CCc1cccs1)C(=O)[C@@H]1CCC[C@@H]1CN.Cl. The number of carbonyl (C=O) groups excluding carboxylic acids is 1. The zero-order valence-electron chi connectivity index (χ0n) is 11.4. The van der Waals surface area contributed by atoms with E-state index in [2.05, 4.69) is 17.5 Å². The van der Waals surface area contributed by atoms with Crippen molar-refractivity contribution in [1.82, 2.24) is 4.90 Å². The Morgan fingerprint density at radius 1 is 1.53 bits per heavy atom. The summed E-state index contributed by atoms with van der Waals surface area (Å²) in [6.07, 6.45) is 4.24. The number of rotatable bonds is 5. The molecule has 1 fully saturated rings. The maximum Gasteiger partial charge on any atom is 0.225 e. The molecule has 0 bridgehead atoms. The normalized spacial score (nSPS) is 22.0. The largest absolute Gasteiger partial charge is 0.345 e. The molecule has 0 saturated heterocycles. The number of thiophene rings is 1. The van der Waals surface area contributed by atoms with Crippen molar-refractivity contribution in [2.24, 2.45) is 17.6 Å². The van der Waals surface area contributed by atoms with Crippen molar-refractivity contribution in [3.05, 3.63) is 22.4 Å². The first kappa shape index (κ1) is 16.5. The molecule has 1 saturated carbocycles. The molecule has 2 N–H and O–H groups in total. The number of likely N-dealkylation sites (N-methyl/N-ethyl adjacent to an activating group) is 1. The van der Waals surface area contributed by atoms with Crippen molar-refractivity contribution in [2.75, 3.05) is 20.1 Å². The monoisotopic (exact) mass is 302 g/mol. The second-order valence-electron chi connectivity index (χ2n) is 5.12. The summed E-state index contributed by atoms with van der Waals surface area (Å²) in [5.41, 5.74) is 5.74. The van der Waals surface area contributed by atoms with E-state index < -0.39 is 0 Å². The van der Waals surface area contributed by atoms with Crippen LogP contribution < -0.4 is 5.73 Å². The average molecular weight is 303 g/mol. The topological polar surface area (TPSA) is 46.3 Å². The van der Waals surface area contributed by atoms with Gasteiger partial charge >= 0.3 is 0 Å². The third-order valence-electron chi connectivity index (χ3n) is 3.93. The van der Waals surface area contributed by atoms with Gasteiger partial charge in [0.1, 0.15) is 0 Å². The van der Waals surface area contributed by atoms with Gasteiger partial charge in [-0.15, -0.1) is 23.7 Å². The van der Waals surface area contributed by atoms with Crippen molar-refractivity contribution in [1.29, 1.82) is 0 Å². The number of nitrogens with two attached hydrogens (primary N) is 1. The fourth-order valence-electron chi connectivity index (χ4n) is 2.77. The molecule has 0 aliphatic heterocycles. The summed E-state index contributed by atoms with van der Waals surface area (Å²) in [6, 6.07) is 4.19. The first-order valence-electron chi connectivity index (χ1n) is 6.69. The van der Waals surface area contributed by atoms with Gasteiger partial charge in [0.15, 0.2) is 0 Å². The van der Waals surface area contributed by atoms with Gasteiger partial charge in [0, 0.05) is 24.4 Å².